The molecular weight excluding hydrogens is 198 g/mol. The second-order valence-electron chi connectivity index (χ2n) is 5.48. The third kappa shape index (κ3) is 4.06. The minimum Gasteiger partial charge on any atom is -0.396 e. The standard InChI is InChI=1S/C14H29NO/c1-3-6-13(7-4-2)15-12-14(10-11-16)8-5-9-14/h13,15-16H,3-12H2,1-2H3. The fraction of sp³-hybridized carbons (Fsp3) is 1.00. The molecule has 1 rings (SSSR count). The summed E-state index contributed by atoms with van der Waals surface area (Å²) in [5.74, 6) is 0. The van der Waals surface area contributed by atoms with Gasteiger partial charge < -0.3 is 10.4 Å². The summed E-state index contributed by atoms with van der Waals surface area (Å²) in [6.07, 6.45) is 10.1. The van der Waals surface area contributed by atoms with Crippen LogP contribution in [-0.2, 0) is 0 Å². The fourth-order valence-electron chi connectivity index (χ4n) is 2.84. The number of aliphatic hydroxyl groups is 1. The monoisotopic (exact) mass is 227 g/mol. The van der Waals surface area contributed by atoms with Gasteiger partial charge in [0.1, 0.15) is 0 Å². The van der Waals surface area contributed by atoms with Crippen molar-refractivity contribution in [1.29, 1.82) is 0 Å². The van der Waals surface area contributed by atoms with Crippen molar-refractivity contribution in [2.75, 3.05) is 13.2 Å². The highest BCUT2D eigenvalue weighted by molar-refractivity contribution is 4.90. The van der Waals surface area contributed by atoms with Crippen LogP contribution >= 0.6 is 0 Å². The maximum Gasteiger partial charge on any atom is 0.0436 e. The highest BCUT2D eigenvalue weighted by atomic mass is 16.3. The molecule has 1 fully saturated rings. The van der Waals surface area contributed by atoms with Crippen LogP contribution in [0.25, 0.3) is 0 Å². The van der Waals surface area contributed by atoms with Crippen LogP contribution in [0.1, 0.15) is 65.2 Å². The minimum atomic E-state index is 0.355. The molecule has 0 bridgehead atoms. The van der Waals surface area contributed by atoms with Crippen LogP contribution in [0, 0.1) is 5.41 Å². The first kappa shape index (κ1) is 14.0. The summed E-state index contributed by atoms with van der Waals surface area (Å²) < 4.78 is 0. The third-order valence-electron chi connectivity index (χ3n) is 4.10. The molecular formula is C14H29NO. The largest absolute Gasteiger partial charge is 0.396 e. The van der Waals surface area contributed by atoms with Gasteiger partial charge in [0, 0.05) is 19.2 Å². The Bertz CT molecular complexity index is 172. The maximum atomic E-state index is 9.11. The van der Waals surface area contributed by atoms with E-state index in [2.05, 4.69) is 19.2 Å². The molecule has 1 saturated carbocycles. The van der Waals surface area contributed by atoms with Crippen LogP contribution in [0.3, 0.4) is 0 Å². The number of hydrogen-bond donors (Lipinski definition) is 2. The maximum absolute atomic E-state index is 9.11. The second kappa shape index (κ2) is 7.29. The van der Waals surface area contributed by atoms with E-state index in [4.69, 9.17) is 5.11 Å². The van der Waals surface area contributed by atoms with Gasteiger partial charge in [-0.3, -0.25) is 0 Å². The Morgan fingerprint density at radius 2 is 1.81 bits per heavy atom. The van der Waals surface area contributed by atoms with E-state index in [1.807, 2.05) is 0 Å². The van der Waals surface area contributed by atoms with E-state index in [0.29, 0.717) is 18.1 Å². The number of rotatable bonds is 9. The molecule has 0 aliphatic heterocycles. The zero-order chi connectivity index (χ0) is 11.9. The lowest BCUT2D eigenvalue weighted by Crippen LogP contribution is -2.44. The fourth-order valence-corrected chi connectivity index (χ4v) is 2.84. The molecule has 2 N–H and O–H groups in total. The van der Waals surface area contributed by atoms with Gasteiger partial charge in [0.2, 0.25) is 0 Å². The van der Waals surface area contributed by atoms with Gasteiger partial charge in [0.15, 0.2) is 0 Å². The van der Waals surface area contributed by atoms with Crippen molar-refractivity contribution in [3.8, 4) is 0 Å². The molecule has 0 heterocycles. The molecule has 0 atom stereocenters. The Morgan fingerprint density at radius 3 is 2.19 bits per heavy atom. The molecule has 2 nitrogen and oxygen atoms in total. The van der Waals surface area contributed by atoms with Gasteiger partial charge in [-0.1, -0.05) is 33.1 Å². The van der Waals surface area contributed by atoms with Crippen LogP contribution in [0.4, 0.5) is 0 Å². The Morgan fingerprint density at radius 1 is 1.19 bits per heavy atom. The zero-order valence-corrected chi connectivity index (χ0v) is 11.1. The summed E-state index contributed by atoms with van der Waals surface area (Å²) in [5, 5.41) is 12.8. The van der Waals surface area contributed by atoms with Gasteiger partial charge in [0.05, 0.1) is 0 Å². The molecule has 2 heteroatoms. The smallest absolute Gasteiger partial charge is 0.0436 e. The van der Waals surface area contributed by atoms with E-state index in [9.17, 15) is 0 Å². The van der Waals surface area contributed by atoms with Crippen molar-refractivity contribution in [2.45, 2.75) is 71.3 Å². The van der Waals surface area contributed by atoms with Gasteiger partial charge in [0.25, 0.3) is 0 Å². The first-order valence-electron chi connectivity index (χ1n) is 7.10. The van der Waals surface area contributed by atoms with Gasteiger partial charge in [-0.05, 0) is 37.5 Å². The molecule has 1 aliphatic carbocycles. The van der Waals surface area contributed by atoms with E-state index in [1.165, 1.54) is 44.9 Å². The van der Waals surface area contributed by atoms with Crippen LogP contribution in [0.5, 0.6) is 0 Å². The molecule has 0 aromatic heterocycles. The average Bonchev–Trinajstić information content (AvgIpc) is 2.22. The Hall–Kier alpha value is -0.0800. The molecule has 16 heavy (non-hydrogen) atoms. The van der Waals surface area contributed by atoms with Gasteiger partial charge in [-0.25, -0.2) is 0 Å². The van der Waals surface area contributed by atoms with Crippen LogP contribution in [0.2, 0.25) is 0 Å². The predicted molar refractivity (Wildman–Crippen MR) is 69.6 cm³/mol. The molecule has 0 spiro atoms. The number of hydrogen-bond acceptors (Lipinski definition) is 2. The van der Waals surface area contributed by atoms with Crippen molar-refractivity contribution in [2.24, 2.45) is 5.41 Å². The number of aliphatic hydroxyl groups excluding tert-OH is 1. The summed E-state index contributed by atoms with van der Waals surface area (Å²) in [5.41, 5.74) is 0.439. The summed E-state index contributed by atoms with van der Waals surface area (Å²) in [4.78, 5) is 0. The minimum absolute atomic E-state index is 0.355. The van der Waals surface area contributed by atoms with E-state index in [-0.39, 0.29) is 0 Å². The molecule has 0 unspecified atom stereocenters. The Balaban J connectivity index is 2.28. The Kier molecular flexibility index (Phi) is 6.37. The van der Waals surface area contributed by atoms with E-state index in [1.54, 1.807) is 0 Å². The SMILES string of the molecule is CCCC(CCC)NCC1(CCO)CCC1. The van der Waals surface area contributed by atoms with Crippen LogP contribution in [-0.4, -0.2) is 24.3 Å². The van der Waals surface area contributed by atoms with Crippen molar-refractivity contribution in [1.82, 2.24) is 5.32 Å². The van der Waals surface area contributed by atoms with Crippen molar-refractivity contribution < 1.29 is 5.11 Å². The molecule has 0 aromatic carbocycles. The third-order valence-corrected chi connectivity index (χ3v) is 4.10. The quantitative estimate of drug-likeness (QED) is 0.634. The Labute approximate surface area is 101 Å². The highest BCUT2D eigenvalue weighted by Gasteiger charge is 2.36. The predicted octanol–water partition coefficient (Wildman–Crippen LogP) is 3.10. The molecule has 96 valence electrons. The van der Waals surface area contributed by atoms with Crippen LogP contribution in [0.15, 0.2) is 0 Å². The lowest BCUT2D eigenvalue weighted by atomic mass is 9.66. The average molecular weight is 227 g/mol. The summed E-state index contributed by atoms with van der Waals surface area (Å²) in [7, 11) is 0. The van der Waals surface area contributed by atoms with Crippen molar-refractivity contribution in [3.63, 3.8) is 0 Å². The van der Waals surface area contributed by atoms with Gasteiger partial charge >= 0.3 is 0 Å². The molecule has 1 aliphatic rings. The molecule has 0 radical (unpaired) electrons. The van der Waals surface area contributed by atoms with E-state index in [0.717, 1.165) is 13.0 Å². The normalized spacial score (nSPS) is 18.8. The summed E-state index contributed by atoms with van der Waals surface area (Å²) in [6, 6.07) is 0.700. The first-order valence-corrected chi connectivity index (χ1v) is 7.10. The van der Waals surface area contributed by atoms with E-state index >= 15 is 0 Å². The molecule has 0 saturated heterocycles. The number of nitrogens with one attached hydrogen (secondary N) is 1. The first-order chi connectivity index (χ1) is 7.76. The zero-order valence-electron chi connectivity index (χ0n) is 11.1. The van der Waals surface area contributed by atoms with E-state index < -0.39 is 0 Å². The lowest BCUT2D eigenvalue weighted by Gasteiger charge is -2.43. The highest BCUT2D eigenvalue weighted by Crippen LogP contribution is 2.43. The molecule has 0 aromatic rings. The van der Waals surface area contributed by atoms with Gasteiger partial charge in [-0.15, -0.1) is 0 Å². The summed E-state index contributed by atoms with van der Waals surface area (Å²) in [6.45, 7) is 6.00. The van der Waals surface area contributed by atoms with Crippen molar-refractivity contribution >= 4 is 0 Å². The molecule has 0 amide bonds. The summed E-state index contributed by atoms with van der Waals surface area (Å²) >= 11 is 0. The second-order valence-corrected chi connectivity index (χ2v) is 5.48. The lowest BCUT2D eigenvalue weighted by molar-refractivity contribution is 0.0817. The van der Waals surface area contributed by atoms with Crippen LogP contribution < -0.4 is 5.32 Å². The topological polar surface area (TPSA) is 32.3 Å². The van der Waals surface area contributed by atoms with Crippen molar-refractivity contribution in [3.05, 3.63) is 0 Å². The van der Waals surface area contributed by atoms with Gasteiger partial charge in [-0.2, -0.15) is 0 Å².